The van der Waals surface area contributed by atoms with E-state index in [-0.39, 0.29) is 12.5 Å². The van der Waals surface area contributed by atoms with Gasteiger partial charge in [0.15, 0.2) is 11.5 Å². The first kappa shape index (κ1) is 17.7. The molecule has 2 rings (SSSR count). The molecule has 0 bridgehead atoms. The first-order valence-electron chi connectivity index (χ1n) is 7.51. The lowest BCUT2D eigenvalue weighted by Gasteiger charge is -2.16. The van der Waals surface area contributed by atoms with Crippen LogP contribution in [0.5, 0.6) is 11.5 Å². The van der Waals surface area contributed by atoms with E-state index >= 15 is 0 Å². The van der Waals surface area contributed by atoms with Gasteiger partial charge in [-0.15, -0.1) is 0 Å². The highest BCUT2D eigenvalue weighted by atomic mass is 16.5. The van der Waals surface area contributed by atoms with E-state index in [1.165, 1.54) is 7.11 Å². The summed E-state index contributed by atoms with van der Waals surface area (Å²) in [4.78, 5) is 20.3. The Morgan fingerprint density at radius 3 is 2.50 bits per heavy atom. The van der Waals surface area contributed by atoms with Crippen molar-refractivity contribution in [3.05, 3.63) is 48.0 Å². The third-order valence-electron chi connectivity index (χ3n) is 3.63. The summed E-state index contributed by atoms with van der Waals surface area (Å²) >= 11 is 0. The zero-order valence-electron chi connectivity index (χ0n) is 13.9. The topological polar surface area (TPSA) is 93.6 Å². The molecule has 0 radical (unpaired) electrons. The van der Waals surface area contributed by atoms with Crippen molar-refractivity contribution in [1.29, 1.82) is 0 Å². The highest BCUT2D eigenvalue weighted by molar-refractivity contribution is 5.82. The van der Waals surface area contributed by atoms with E-state index in [1.54, 1.807) is 50.7 Å². The molecule has 2 unspecified atom stereocenters. The van der Waals surface area contributed by atoms with E-state index in [1.807, 2.05) is 0 Å². The lowest BCUT2D eigenvalue weighted by molar-refractivity contribution is -0.122. The number of nitrogens with zero attached hydrogens (tertiary/aromatic N) is 2. The molecule has 0 aliphatic carbocycles. The van der Waals surface area contributed by atoms with Crippen LogP contribution in [0.2, 0.25) is 0 Å². The SMILES string of the molecule is COc1ccc(C(O)CNC(=O)C(C)c2ncccn2)cc1OC. The molecule has 0 saturated carbocycles. The van der Waals surface area contributed by atoms with Crippen molar-refractivity contribution < 1.29 is 19.4 Å². The number of aliphatic hydroxyl groups excluding tert-OH is 1. The first-order valence-corrected chi connectivity index (χ1v) is 7.51. The van der Waals surface area contributed by atoms with Gasteiger partial charge in [-0.1, -0.05) is 6.07 Å². The number of carbonyl (C=O) groups excluding carboxylic acids is 1. The number of aliphatic hydroxyl groups is 1. The minimum atomic E-state index is -0.863. The van der Waals surface area contributed by atoms with Gasteiger partial charge < -0.3 is 19.9 Å². The first-order chi connectivity index (χ1) is 11.6. The van der Waals surface area contributed by atoms with Gasteiger partial charge in [-0.3, -0.25) is 4.79 Å². The molecule has 0 aliphatic heterocycles. The number of carbonyl (C=O) groups is 1. The van der Waals surface area contributed by atoms with Gasteiger partial charge in [-0.25, -0.2) is 9.97 Å². The van der Waals surface area contributed by atoms with E-state index in [4.69, 9.17) is 9.47 Å². The van der Waals surface area contributed by atoms with Gasteiger partial charge in [0, 0.05) is 18.9 Å². The molecule has 1 amide bonds. The largest absolute Gasteiger partial charge is 0.493 e. The minimum Gasteiger partial charge on any atom is -0.493 e. The second-order valence-electron chi connectivity index (χ2n) is 5.20. The smallest absolute Gasteiger partial charge is 0.230 e. The second-order valence-corrected chi connectivity index (χ2v) is 5.20. The molecule has 0 spiro atoms. The Hall–Kier alpha value is -2.67. The number of ether oxygens (including phenoxy) is 2. The van der Waals surface area contributed by atoms with Crippen LogP contribution in [0, 0.1) is 0 Å². The van der Waals surface area contributed by atoms with Crippen LogP contribution in [0.1, 0.15) is 30.3 Å². The van der Waals surface area contributed by atoms with Crippen LogP contribution in [-0.2, 0) is 4.79 Å². The number of methoxy groups -OCH3 is 2. The van der Waals surface area contributed by atoms with Gasteiger partial charge in [0.2, 0.25) is 5.91 Å². The minimum absolute atomic E-state index is 0.0749. The summed E-state index contributed by atoms with van der Waals surface area (Å²) in [5.74, 6) is 0.791. The molecule has 2 N–H and O–H groups in total. The lowest BCUT2D eigenvalue weighted by atomic mass is 10.1. The van der Waals surface area contributed by atoms with E-state index in [0.29, 0.717) is 22.9 Å². The van der Waals surface area contributed by atoms with Gasteiger partial charge in [0.25, 0.3) is 0 Å². The van der Waals surface area contributed by atoms with Crippen molar-refractivity contribution in [1.82, 2.24) is 15.3 Å². The van der Waals surface area contributed by atoms with E-state index in [9.17, 15) is 9.90 Å². The second kappa shape index (κ2) is 8.26. The Labute approximate surface area is 140 Å². The van der Waals surface area contributed by atoms with E-state index in [0.717, 1.165) is 0 Å². The summed E-state index contributed by atoms with van der Waals surface area (Å²) in [6.45, 7) is 1.79. The number of nitrogens with one attached hydrogen (secondary N) is 1. The monoisotopic (exact) mass is 331 g/mol. The van der Waals surface area contributed by atoms with Crippen LogP contribution < -0.4 is 14.8 Å². The number of hydrogen-bond donors (Lipinski definition) is 2. The molecule has 2 atom stereocenters. The Balaban J connectivity index is 1.97. The Morgan fingerprint density at radius 2 is 1.88 bits per heavy atom. The van der Waals surface area contributed by atoms with Crippen molar-refractivity contribution in [2.75, 3.05) is 20.8 Å². The maximum Gasteiger partial charge on any atom is 0.230 e. The number of rotatable bonds is 7. The van der Waals surface area contributed by atoms with Crippen LogP contribution in [0.15, 0.2) is 36.7 Å². The molecule has 1 heterocycles. The molecule has 1 aromatic heterocycles. The summed E-state index contributed by atoms with van der Waals surface area (Å²) in [6.07, 6.45) is 2.31. The van der Waals surface area contributed by atoms with Crippen molar-refractivity contribution >= 4 is 5.91 Å². The third kappa shape index (κ3) is 4.20. The van der Waals surface area contributed by atoms with E-state index in [2.05, 4.69) is 15.3 Å². The van der Waals surface area contributed by atoms with Crippen LogP contribution >= 0.6 is 0 Å². The summed E-state index contributed by atoms with van der Waals surface area (Å²) in [7, 11) is 3.07. The maximum atomic E-state index is 12.2. The maximum absolute atomic E-state index is 12.2. The molecule has 7 nitrogen and oxygen atoms in total. The highest BCUT2D eigenvalue weighted by Crippen LogP contribution is 2.29. The van der Waals surface area contributed by atoms with Gasteiger partial charge >= 0.3 is 0 Å². The Kier molecular flexibility index (Phi) is 6.08. The molecule has 0 saturated heterocycles. The molecule has 7 heteroatoms. The van der Waals surface area contributed by atoms with Crippen molar-refractivity contribution in [2.24, 2.45) is 0 Å². The third-order valence-corrected chi connectivity index (χ3v) is 3.63. The van der Waals surface area contributed by atoms with Crippen LogP contribution in [0.3, 0.4) is 0 Å². The van der Waals surface area contributed by atoms with Crippen molar-refractivity contribution in [3.8, 4) is 11.5 Å². The van der Waals surface area contributed by atoms with Crippen LogP contribution in [-0.4, -0.2) is 41.7 Å². The van der Waals surface area contributed by atoms with Crippen LogP contribution in [0.25, 0.3) is 0 Å². The normalized spacial score (nSPS) is 13.0. The molecular weight excluding hydrogens is 310 g/mol. The lowest BCUT2D eigenvalue weighted by Crippen LogP contribution is -2.32. The average molecular weight is 331 g/mol. The summed E-state index contributed by atoms with van der Waals surface area (Å²) < 4.78 is 10.4. The van der Waals surface area contributed by atoms with E-state index < -0.39 is 12.0 Å². The standard InChI is InChI=1S/C17H21N3O4/c1-11(16-18-7-4-8-19-16)17(22)20-10-13(21)12-5-6-14(23-2)15(9-12)24-3/h4-9,11,13,21H,10H2,1-3H3,(H,20,22). The van der Waals surface area contributed by atoms with Crippen molar-refractivity contribution in [2.45, 2.75) is 18.9 Å². The molecule has 24 heavy (non-hydrogen) atoms. The van der Waals surface area contributed by atoms with Crippen molar-refractivity contribution in [3.63, 3.8) is 0 Å². The highest BCUT2D eigenvalue weighted by Gasteiger charge is 2.19. The molecule has 0 fully saturated rings. The molecule has 1 aromatic carbocycles. The number of hydrogen-bond acceptors (Lipinski definition) is 6. The average Bonchev–Trinajstić information content (AvgIpc) is 2.65. The summed E-state index contributed by atoms with van der Waals surface area (Å²) in [5.41, 5.74) is 0.622. The number of amides is 1. The van der Waals surface area contributed by atoms with Gasteiger partial charge in [-0.05, 0) is 30.7 Å². The molecular formula is C17H21N3O4. The molecule has 2 aromatic rings. The van der Waals surface area contributed by atoms with Gasteiger partial charge in [0.05, 0.1) is 26.2 Å². The van der Waals surface area contributed by atoms with Gasteiger partial charge in [0.1, 0.15) is 5.82 Å². The van der Waals surface area contributed by atoms with Crippen LogP contribution in [0.4, 0.5) is 0 Å². The number of aromatic nitrogens is 2. The number of benzene rings is 1. The predicted molar refractivity (Wildman–Crippen MR) is 88.0 cm³/mol. The van der Waals surface area contributed by atoms with Gasteiger partial charge in [-0.2, -0.15) is 0 Å². The Bertz CT molecular complexity index is 679. The zero-order valence-corrected chi connectivity index (χ0v) is 13.9. The fourth-order valence-electron chi connectivity index (χ4n) is 2.18. The molecule has 128 valence electrons. The predicted octanol–water partition coefficient (Wildman–Crippen LogP) is 1.45. The fourth-order valence-corrected chi connectivity index (χ4v) is 2.18. The zero-order chi connectivity index (χ0) is 17.5. The summed E-state index contributed by atoms with van der Waals surface area (Å²) in [6, 6.07) is 6.80. The summed E-state index contributed by atoms with van der Waals surface area (Å²) in [5, 5.41) is 13.0. The Morgan fingerprint density at radius 1 is 1.21 bits per heavy atom. The molecule has 0 aliphatic rings. The fraction of sp³-hybridized carbons (Fsp3) is 0.353. The quantitative estimate of drug-likeness (QED) is 0.797.